The highest BCUT2D eigenvalue weighted by Gasteiger charge is 2.22. The Kier molecular flexibility index (Phi) is 4.34. The molecule has 2 aromatic rings. The average molecular weight is 339 g/mol. The minimum absolute atomic E-state index is 0.255. The van der Waals surface area contributed by atoms with E-state index in [1.165, 1.54) is 12.1 Å². The van der Waals surface area contributed by atoms with Gasteiger partial charge in [0.05, 0.1) is 4.92 Å². The summed E-state index contributed by atoms with van der Waals surface area (Å²) < 4.78 is 14.5. The van der Waals surface area contributed by atoms with Crippen LogP contribution in [0.5, 0.6) is 0 Å². The van der Waals surface area contributed by atoms with E-state index in [4.69, 9.17) is 0 Å². The molecule has 0 saturated carbocycles. The summed E-state index contributed by atoms with van der Waals surface area (Å²) in [5.41, 5.74) is 0.723. The molecule has 0 bridgehead atoms. The molecule has 0 radical (unpaired) electrons. The predicted octanol–water partition coefficient (Wildman–Crippen LogP) is 4.13. The summed E-state index contributed by atoms with van der Waals surface area (Å²) in [7, 11) is 1.70. The van der Waals surface area contributed by atoms with E-state index in [0.717, 1.165) is 16.1 Å². The lowest BCUT2D eigenvalue weighted by molar-refractivity contribution is -0.386. The molecular formula is C14H12BrFN2O2. The Hall–Kier alpha value is -1.95. The van der Waals surface area contributed by atoms with Crippen molar-refractivity contribution in [3.8, 4) is 0 Å². The number of hydrogen-bond acceptors (Lipinski definition) is 3. The summed E-state index contributed by atoms with van der Waals surface area (Å²) >= 11 is 3.42. The zero-order valence-corrected chi connectivity index (χ0v) is 12.3. The molecule has 104 valence electrons. The van der Waals surface area contributed by atoms with E-state index >= 15 is 0 Å². The Morgan fingerprint density at radius 3 is 2.60 bits per heavy atom. The molecule has 0 aliphatic carbocycles. The molecule has 0 unspecified atom stereocenters. The van der Waals surface area contributed by atoms with E-state index in [2.05, 4.69) is 15.9 Å². The van der Waals surface area contributed by atoms with Crippen molar-refractivity contribution in [2.24, 2.45) is 0 Å². The van der Waals surface area contributed by atoms with Crippen molar-refractivity contribution in [2.45, 2.75) is 6.54 Å². The molecule has 0 aliphatic heterocycles. The van der Waals surface area contributed by atoms with Crippen LogP contribution in [0.1, 0.15) is 5.56 Å². The molecule has 0 aromatic heterocycles. The van der Waals surface area contributed by atoms with E-state index in [-0.39, 0.29) is 5.69 Å². The minimum Gasteiger partial charge on any atom is -0.365 e. The lowest BCUT2D eigenvalue weighted by Crippen LogP contribution is -2.18. The van der Waals surface area contributed by atoms with Gasteiger partial charge in [-0.3, -0.25) is 10.1 Å². The van der Waals surface area contributed by atoms with E-state index in [0.29, 0.717) is 6.54 Å². The molecular weight excluding hydrogens is 327 g/mol. The topological polar surface area (TPSA) is 46.4 Å². The molecule has 4 nitrogen and oxygen atoms in total. The standard InChI is InChI=1S/C14H12BrFN2O2/c1-17(9-10-5-2-3-6-11(10)15)13-8-4-7-12(16)14(13)18(19)20/h2-8H,9H2,1H3. The zero-order valence-electron chi connectivity index (χ0n) is 10.7. The van der Waals surface area contributed by atoms with Gasteiger partial charge in [0.25, 0.3) is 0 Å². The quantitative estimate of drug-likeness (QED) is 0.621. The molecule has 0 atom stereocenters. The number of nitro benzene ring substituents is 1. The van der Waals surface area contributed by atoms with Gasteiger partial charge in [-0.1, -0.05) is 40.2 Å². The van der Waals surface area contributed by atoms with Crippen LogP contribution >= 0.6 is 15.9 Å². The monoisotopic (exact) mass is 338 g/mol. The SMILES string of the molecule is CN(Cc1ccccc1Br)c1cccc(F)c1[N+](=O)[O-]. The second-order valence-corrected chi connectivity index (χ2v) is 5.17. The Morgan fingerprint density at radius 2 is 1.95 bits per heavy atom. The Bertz CT molecular complexity index is 649. The van der Waals surface area contributed by atoms with Crippen molar-refractivity contribution in [1.82, 2.24) is 0 Å². The summed E-state index contributed by atoms with van der Waals surface area (Å²) in [6.07, 6.45) is 0. The fourth-order valence-corrected chi connectivity index (χ4v) is 2.37. The molecule has 0 spiro atoms. The fourth-order valence-electron chi connectivity index (χ4n) is 1.96. The first-order valence-electron chi connectivity index (χ1n) is 5.88. The highest BCUT2D eigenvalue weighted by atomic mass is 79.9. The number of nitrogens with zero attached hydrogens (tertiary/aromatic N) is 2. The molecule has 2 rings (SSSR count). The second kappa shape index (κ2) is 6.00. The molecule has 0 saturated heterocycles. The summed E-state index contributed by atoms with van der Waals surface area (Å²) in [6, 6.07) is 11.7. The van der Waals surface area contributed by atoms with Gasteiger partial charge < -0.3 is 4.90 Å². The van der Waals surface area contributed by atoms with Crippen molar-refractivity contribution in [1.29, 1.82) is 0 Å². The molecule has 0 amide bonds. The van der Waals surface area contributed by atoms with E-state index in [1.54, 1.807) is 11.9 Å². The number of anilines is 1. The van der Waals surface area contributed by atoms with Crippen molar-refractivity contribution in [2.75, 3.05) is 11.9 Å². The first-order chi connectivity index (χ1) is 9.50. The molecule has 20 heavy (non-hydrogen) atoms. The zero-order chi connectivity index (χ0) is 14.7. The van der Waals surface area contributed by atoms with Crippen LogP contribution in [0.2, 0.25) is 0 Å². The van der Waals surface area contributed by atoms with Gasteiger partial charge in [-0.2, -0.15) is 4.39 Å². The predicted molar refractivity (Wildman–Crippen MR) is 79.3 cm³/mol. The van der Waals surface area contributed by atoms with Crippen LogP contribution < -0.4 is 4.90 Å². The van der Waals surface area contributed by atoms with Crippen molar-refractivity contribution < 1.29 is 9.31 Å². The minimum atomic E-state index is -0.827. The number of benzene rings is 2. The Morgan fingerprint density at radius 1 is 1.25 bits per heavy atom. The van der Waals surface area contributed by atoms with Gasteiger partial charge in [-0.15, -0.1) is 0 Å². The van der Waals surface area contributed by atoms with Crippen LogP contribution in [0.4, 0.5) is 15.8 Å². The normalized spacial score (nSPS) is 10.3. The maximum absolute atomic E-state index is 13.6. The summed E-state index contributed by atoms with van der Waals surface area (Å²) in [5.74, 6) is -0.827. The maximum atomic E-state index is 13.6. The van der Waals surface area contributed by atoms with E-state index in [1.807, 2.05) is 24.3 Å². The van der Waals surface area contributed by atoms with Crippen LogP contribution in [0, 0.1) is 15.9 Å². The molecule has 2 aromatic carbocycles. The van der Waals surface area contributed by atoms with Crippen LogP contribution in [-0.4, -0.2) is 12.0 Å². The molecule has 0 N–H and O–H groups in total. The number of hydrogen-bond donors (Lipinski definition) is 0. The van der Waals surface area contributed by atoms with E-state index < -0.39 is 16.4 Å². The van der Waals surface area contributed by atoms with Crippen molar-refractivity contribution >= 4 is 27.3 Å². The van der Waals surface area contributed by atoms with Gasteiger partial charge in [-0.25, -0.2) is 0 Å². The van der Waals surface area contributed by atoms with Crippen LogP contribution in [-0.2, 0) is 6.54 Å². The van der Waals surface area contributed by atoms with E-state index in [9.17, 15) is 14.5 Å². The summed E-state index contributed by atoms with van der Waals surface area (Å²) in [4.78, 5) is 12.0. The number of nitro groups is 1. The Balaban J connectivity index is 2.35. The van der Waals surface area contributed by atoms with Gasteiger partial charge in [0.15, 0.2) is 0 Å². The third-order valence-corrected chi connectivity index (χ3v) is 3.70. The fraction of sp³-hybridized carbons (Fsp3) is 0.143. The average Bonchev–Trinajstić information content (AvgIpc) is 2.40. The molecule has 0 heterocycles. The third-order valence-electron chi connectivity index (χ3n) is 2.92. The highest BCUT2D eigenvalue weighted by molar-refractivity contribution is 9.10. The summed E-state index contributed by atoms with van der Waals surface area (Å²) in [6.45, 7) is 0.436. The van der Waals surface area contributed by atoms with Crippen LogP contribution in [0.15, 0.2) is 46.9 Å². The largest absolute Gasteiger partial charge is 0.365 e. The molecule has 6 heteroatoms. The Labute approximate surface area is 124 Å². The lowest BCUT2D eigenvalue weighted by atomic mass is 10.2. The van der Waals surface area contributed by atoms with Crippen molar-refractivity contribution in [3.05, 3.63) is 68.4 Å². The van der Waals surface area contributed by atoms with Gasteiger partial charge in [-0.05, 0) is 23.8 Å². The van der Waals surface area contributed by atoms with Crippen LogP contribution in [0.25, 0.3) is 0 Å². The molecule has 0 fully saturated rings. The van der Waals surface area contributed by atoms with Crippen molar-refractivity contribution in [3.63, 3.8) is 0 Å². The van der Waals surface area contributed by atoms with Gasteiger partial charge >= 0.3 is 5.69 Å². The maximum Gasteiger partial charge on any atom is 0.327 e. The number of rotatable bonds is 4. The number of halogens is 2. The third kappa shape index (κ3) is 2.96. The van der Waals surface area contributed by atoms with Crippen LogP contribution in [0.3, 0.4) is 0 Å². The number of para-hydroxylation sites is 1. The lowest BCUT2D eigenvalue weighted by Gasteiger charge is -2.20. The van der Waals surface area contributed by atoms with Gasteiger partial charge in [0.2, 0.25) is 5.82 Å². The second-order valence-electron chi connectivity index (χ2n) is 4.31. The van der Waals surface area contributed by atoms with Gasteiger partial charge in [0, 0.05) is 18.1 Å². The first kappa shape index (κ1) is 14.5. The highest BCUT2D eigenvalue weighted by Crippen LogP contribution is 2.31. The first-order valence-corrected chi connectivity index (χ1v) is 6.67. The summed E-state index contributed by atoms with van der Waals surface area (Å²) in [5, 5.41) is 11.0. The molecule has 0 aliphatic rings. The smallest absolute Gasteiger partial charge is 0.327 e. The van der Waals surface area contributed by atoms with Gasteiger partial charge in [0.1, 0.15) is 5.69 Å².